The molecule has 0 spiro atoms. The summed E-state index contributed by atoms with van der Waals surface area (Å²) in [5.74, 6) is -0.375. The fraction of sp³-hybridized carbons (Fsp3) is 0.850. The molecule has 0 aromatic carbocycles. The Labute approximate surface area is 161 Å². The first-order valence-electron chi connectivity index (χ1n) is 9.25. The molecule has 1 N–H and O–H groups in total. The van der Waals surface area contributed by atoms with Gasteiger partial charge in [0.1, 0.15) is 12.6 Å². The Hall–Kier alpha value is -0.533. The maximum atomic E-state index is 12.4. The Morgan fingerprint density at radius 2 is 1.73 bits per heavy atom. The summed E-state index contributed by atoms with van der Waals surface area (Å²) in [6.45, 7) is 20.6. The van der Waals surface area contributed by atoms with Crippen LogP contribution in [0.4, 0.5) is 0 Å². The number of ketones is 1. The predicted molar refractivity (Wildman–Crippen MR) is 109 cm³/mol. The molecule has 0 saturated carbocycles. The lowest BCUT2D eigenvalue weighted by molar-refractivity contribution is -0.132. The van der Waals surface area contributed by atoms with Crippen molar-refractivity contribution in [2.75, 3.05) is 20.5 Å². The van der Waals surface area contributed by atoms with Crippen molar-refractivity contribution >= 4 is 14.1 Å². The highest BCUT2D eigenvalue weighted by Crippen LogP contribution is 2.37. The number of Topliss-reactive ketones (excluding diaryl/α,β-unsaturated/α-hetero) is 1. The van der Waals surface area contributed by atoms with E-state index < -0.39 is 25.9 Å². The minimum absolute atomic E-state index is 0.0110. The van der Waals surface area contributed by atoms with Gasteiger partial charge in [0.2, 0.25) is 0 Å². The third-order valence-electron chi connectivity index (χ3n) is 5.20. The highest BCUT2D eigenvalue weighted by molar-refractivity contribution is 6.74. The Morgan fingerprint density at radius 3 is 2.12 bits per heavy atom. The second kappa shape index (κ2) is 10.1. The monoisotopic (exact) mass is 388 g/mol. The van der Waals surface area contributed by atoms with Crippen LogP contribution in [0.5, 0.6) is 0 Å². The SMILES string of the molecule is C=C[C@H](OCOC)[C@H](CO[Si](C)(C)C(C)(C)C)[C@H](O)CC(=O)C(C)(C)C. The van der Waals surface area contributed by atoms with Crippen LogP contribution in [0.25, 0.3) is 0 Å². The molecule has 0 aliphatic heterocycles. The molecule has 0 heterocycles. The zero-order valence-electron chi connectivity index (χ0n) is 18.2. The minimum Gasteiger partial charge on any atom is -0.416 e. The summed E-state index contributed by atoms with van der Waals surface area (Å²) >= 11 is 0. The molecule has 0 radical (unpaired) electrons. The zero-order valence-corrected chi connectivity index (χ0v) is 19.2. The topological polar surface area (TPSA) is 65.0 Å². The normalized spacial score (nSPS) is 16.8. The molecule has 0 rings (SSSR count). The number of aliphatic hydroxyl groups is 1. The van der Waals surface area contributed by atoms with E-state index >= 15 is 0 Å². The van der Waals surface area contributed by atoms with Crippen molar-refractivity contribution in [2.24, 2.45) is 11.3 Å². The fourth-order valence-electron chi connectivity index (χ4n) is 2.11. The van der Waals surface area contributed by atoms with Crippen LogP contribution >= 0.6 is 0 Å². The number of aliphatic hydroxyl groups excluding tert-OH is 1. The summed E-state index contributed by atoms with van der Waals surface area (Å²) < 4.78 is 17.0. The number of hydrogen-bond donors (Lipinski definition) is 1. The molecule has 0 saturated heterocycles. The number of ether oxygens (including phenoxy) is 2. The summed E-state index contributed by atoms with van der Waals surface area (Å²) in [7, 11) is -0.455. The van der Waals surface area contributed by atoms with Crippen LogP contribution in [-0.4, -0.2) is 51.9 Å². The quantitative estimate of drug-likeness (QED) is 0.327. The average molecular weight is 389 g/mol. The predicted octanol–water partition coefficient (Wildman–Crippen LogP) is 4.17. The molecule has 6 heteroatoms. The van der Waals surface area contributed by atoms with E-state index in [4.69, 9.17) is 13.9 Å². The van der Waals surface area contributed by atoms with Gasteiger partial charge in [0.15, 0.2) is 8.32 Å². The van der Waals surface area contributed by atoms with Gasteiger partial charge >= 0.3 is 0 Å². The summed E-state index contributed by atoms with van der Waals surface area (Å²) in [6.07, 6.45) is 0.382. The molecule has 5 nitrogen and oxygen atoms in total. The molecular formula is C20H40O5Si. The summed E-state index contributed by atoms with van der Waals surface area (Å²) in [5, 5.41) is 10.8. The van der Waals surface area contributed by atoms with E-state index in [1.54, 1.807) is 13.2 Å². The van der Waals surface area contributed by atoms with Gasteiger partial charge in [0.25, 0.3) is 0 Å². The van der Waals surface area contributed by atoms with E-state index in [1.807, 2.05) is 20.8 Å². The van der Waals surface area contributed by atoms with Gasteiger partial charge in [-0.05, 0) is 18.1 Å². The van der Waals surface area contributed by atoms with Crippen molar-refractivity contribution in [3.63, 3.8) is 0 Å². The van der Waals surface area contributed by atoms with Gasteiger partial charge < -0.3 is 19.0 Å². The second-order valence-electron chi connectivity index (χ2n) is 9.45. The summed E-state index contributed by atoms with van der Waals surface area (Å²) in [6, 6.07) is 0. The lowest BCUT2D eigenvalue weighted by Gasteiger charge is -2.39. The van der Waals surface area contributed by atoms with Gasteiger partial charge in [-0.15, -0.1) is 6.58 Å². The Morgan fingerprint density at radius 1 is 1.19 bits per heavy atom. The van der Waals surface area contributed by atoms with Crippen LogP contribution < -0.4 is 0 Å². The first kappa shape index (κ1) is 25.5. The van der Waals surface area contributed by atoms with Crippen LogP contribution in [-0.2, 0) is 18.7 Å². The molecule has 0 aromatic rings. The molecule has 0 aromatic heterocycles. The molecule has 0 aliphatic rings. The number of hydrogen-bond acceptors (Lipinski definition) is 5. The van der Waals surface area contributed by atoms with Crippen molar-refractivity contribution < 1.29 is 23.8 Å². The average Bonchev–Trinajstić information content (AvgIpc) is 2.48. The molecule has 26 heavy (non-hydrogen) atoms. The van der Waals surface area contributed by atoms with Crippen molar-refractivity contribution in [3.8, 4) is 0 Å². The van der Waals surface area contributed by atoms with E-state index in [-0.39, 0.29) is 30.0 Å². The number of carbonyl (C=O) groups excluding carboxylic acids is 1. The lowest BCUT2D eigenvalue weighted by atomic mass is 9.84. The van der Waals surface area contributed by atoms with E-state index in [1.165, 1.54) is 0 Å². The zero-order chi connectivity index (χ0) is 20.8. The third-order valence-corrected chi connectivity index (χ3v) is 9.70. The maximum Gasteiger partial charge on any atom is 0.191 e. The molecule has 0 bridgehead atoms. The van der Waals surface area contributed by atoms with E-state index in [9.17, 15) is 9.90 Å². The van der Waals surface area contributed by atoms with Crippen LogP contribution in [0.2, 0.25) is 18.1 Å². The fourth-order valence-corrected chi connectivity index (χ4v) is 3.15. The molecular weight excluding hydrogens is 348 g/mol. The standard InChI is InChI=1S/C20H40O5Si/c1-11-17(24-14-23-8)15(13-25-26(9,10)20(5,6)7)16(21)12-18(22)19(2,3)4/h11,15-17,21H,1,12-14H2,2-10H3/t15-,16-,17+/m1/s1. The van der Waals surface area contributed by atoms with Crippen LogP contribution in [0.15, 0.2) is 12.7 Å². The molecule has 0 fully saturated rings. The van der Waals surface area contributed by atoms with E-state index in [0.29, 0.717) is 6.61 Å². The van der Waals surface area contributed by atoms with Gasteiger partial charge in [-0.3, -0.25) is 4.79 Å². The van der Waals surface area contributed by atoms with E-state index in [2.05, 4.69) is 40.4 Å². The minimum atomic E-state index is -2.00. The van der Waals surface area contributed by atoms with Gasteiger partial charge in [0, 0.05) is 31.5 Å². The maximum absolute atomic E-state index is 12.4. The van der Waals surface area contributed by atoms with Crippen molar-refractivity contribution in [1.29, 1.82) is 0 Å². The molecule has 0 amide bonds. The largest absolute Gasteiger partial charge is 0.416 e. The summed E-state index contributed by atoms with van der Waals surface area (Å²) in [5.41, 5.74) is -0.497. The smallest absolute Gasteiger partial charge is 0.191 e. The summed E-state index contributed by atoms with van der Waals surface area (Å²) in [4.78, 5) is 12.4. The molecule has 3 atom stereocenters. The van der Waals surface area contributed by atoms with Crippen LogP contribution in [0.3, 0.4) is 0 Å². The first-order valence-corrected chi connectivity index (χ1v) is 12.2. The molecule has 154 valence electrons. The van der Waals surface area contributed by atoms with Crippen LogP contribution in [0.1, 0.15) is 48.0 Å². The van der Waals surface area contributed by atoms with Crippen molar-refractivity contribution in [3.05, 3.63) is 12.7 Å². The number of methoxy groups -OCH3 is 1. The second-order valence-corrected chi connectivity index (χ2v) is 14.3. The third kappa shape index (κ3) is 8.01. The van der Waals surface area contributed by atoms with Gasteiger partial charge in [0.05, 0.1) is 12.2 Å². The van der Waals surface area contributed by atoms with Crippen molar-refractivity contribution in [1.82, 2.24) is 0 Å². The van der Waals surface area contributed by atoms with Crippen LogP contribution in [0, 0.1) is 11.3 Å². The Balaban J connectivity index is 5.34. The Kier molecular flexibility index (Phi) is 9.92. The van der Waals surface area contributed by atoms with Gasteiger partial charge in [-0.2, -0.15) is 0 Å². The first-order chi connectivity index (χ1) is 11.7. The van der Waals surface area contributed by atoms with Crippen molar-refractivity contribution in [2.45, 2.75) is 78.3 Å². The number of carbonyl (C=O) groups is 1. The Bertz CT molecular complexity index is 448. The number of rotatable bonds is 11. The highest BCUT2D eigenvalue weighted by atomic mass is 28.4. The molecule has 0 unspecified atom stereocenters. The van der Waals surface area contributed by atoms with Gasteiger partial charge in [-0.1, -0.05) is 47.6 Å². The highest BCUT2D eigenvalue weighted by Gasteiger charge is 2.40. The van der Waals surface area contributed by atoms with E-state index in [0.717, 1.165) is 0 Å². The lowest BCUT2D eigenvalue weighted by Crippen LogP contribution is -2.46. The van der Waals surface area contributed by atoms with Gasteiger partial charge in [-0.25, -0.2) is 0 Å². The molecule has 0 aliphatic carbocycles.